The maximum atomic E-state index is 11.5. The summed E-state index contributed by atoms with van der Waals surface area (Å²) in [5, 5.41) is 0. The van der Waals surface area contributed by atoms with Crippen molar-refractivity contribution in [2.45, 2.75) is 0 Å². The Bertz CT molecular complexity index is 485. The smallest absolute Gasteiger partial charge is 0.311 e. The molecule has 0 bridgehead atoms. The van der Waals surface area contributed by atoms with Gasteiger partial charge in [0.25, 0.3) is 0 Å². The molecule has 0 unspecified atom stereocenters. The second-order valence-corrected chi connectivity index (χ2v) is 4.65. The van der Waals surface area contributed by atoms with Gasteiger partial charge in [0.1, 0.15) is 0 Å². The van der Waals surface area contributed by atoms with Gasteiger partial charge in [-0.1, -0.05) is 0 Å². The molecule has 3 heterocycles. The second kappa shape index (κ2) is 4.56. The number of methoxy groups -OCH3 is 2. The van der Waals surface area contributed by atoms with Gasteiger partial charge in [-0.2, -0.15) is 9.97 Å². The largest absolute Gasteiger partial charge is 0.481 e. The molecule has 0 spiro atoms. The van der Waals surface area contributed by atoms with Crippen LogP contribution >= 0.6 is 0 Å². The van der Waals surface area contributed by atoms with E-state index >= 15 is 0 Å². The van der Waals surface area contributed by atoms with E-state index in [0.717, 1.165) is 0 Å². The summed E-state index contributed by atoms with van der Waals surface area (Å²) < 4.78 is 15.3. The highest BCUT2D eigenvalue weighted by Gasteiger charge is 2.44. The van der Waals surface area contributed by atoms with Crippen LogP contribution in [0.15, 0.2) is 6.07 Å². The third-order valence-corrected chi connectivity index (χ3v) is 3.55. The predicted molar refractivity (Wildman–Crippen MR) is 65.3 cm³/mol. The molecule has 1 aromatic rings. The van der Waals surface area contributed by atoms with E-state index in [4.69, 9.17) is 14.2 Å². The van der Waals surface area contributed by atoms with Crippen molar-refractivity contribution in [2.24, 2.45) is 11.8 Å². The lowest BCUT2D eigenvalue weighted by atomic mass is 10.0. The Hall–Kier alpha value is -2.05. The van der Waals surface area contributed by atoms with Gasteiger partial charge >= 0.3 is 5.97 Å². The Kier molecular flexibility index (Phi) is 2.88. The maximum Gasteiger partial charge on any atom is 0.311 e. The summed E-state index contributed by atoms with van der Waals surface area (Å²) in [6, 6.07) is 1.62. The third-order valence-electron chi connectivity index (χ3n) is 3.55. The summed E-state index contributed by atoms with van der Waals surface area (Å²) in [6.07, 6.45) is 0. The van der Waals surface area contributed by atoms with Gasteiger partial charge in [-0.05, 0) is 0 Å². The van der Waals surface area contributed by atoms with Crippen LogP contribution in [-0.2, 0) is 9.53 Å². The van der Waals surface area contributed by atoms with E-state index in [0.29, 0.717) is 37.4 Å². The SMILES string of the molecule is COc1cc(OC)nc(N2C[C@@H]3COC(=O)[C@@H]3C2)n1. The van der Waals surface area contributed by atoms with Crippen LogP contribution in [0.5, 0.6) is 11.8 Å². The van der Waals surface area contributed by atoms with Gasteiger partial charge in [0.2, 0.25) is 17.7 Å². The first kappa shape index (κ1) is 12.0. The fourth-order valence-electron chi connectivity index (χ4n) is 2.51. The molecule has 0 N–H and O–H groups in total. The van der Waals surface area contributed by atoms with Crippen molar-refractivity contribution in [3.05, 3.63) is 6.07 Å². The van der Waals surface area contributed by atoms with Crippen LogP contribution in [0.2, 0.25) is 0 Å². The van der Waals surface area contributed by atoms with Crippen molar-refractivity contribution in [3.63, 3.8) is 0 Å². The second-order valence-electron chi connectivity index (χ2n) is 4.65. The van der Waals surface area contributed by atoms with Gasteiger partial charge in [0.15, 0.2) is 0 Å². The Balaban J connectivity index is 1.85. The third kappa shape index (κ3) is 2.05. The highest BCUT2D eigenvalue weighted by molar-refractivity contribution is 5.76. The molecule has 1 aromatic heterocycles. The predicted octanol–water partition coefficient (Wildman–Crippen LogP) is 0.103. The van der Waals surface area contributed by atoms with E-state index in [1.165, 1.54) is 0 Å². The molecule has 19 heavy (non-hydrogen) atoms. The Morgan fingerprint density at radius 1 is 1.26 bits per heavy atom. The summed E-state index contributed by atoms with van der Waals surface area (Å²) >= 11 is 0. The molecule has 2 aliphatic rings. The Morgan fingerprint density at radius 3 is 2.53 bits per heavy atom. The minimum absolute atomic E-state index is 0.0687. The van der Waals surface area contributed by atoms with Gasteiger partial charge in [0, 0.05) is 19.0 Å². The average Bonchev–Trinajstić information content (AvgIpc) is 3.01. The number of nitrogens with zero attached hydrogens (tertiary/aromatic N) is 3. The van der Waals surface area contributed by atoms with Crippen molar-refractivity contribution in [1.29, 1.82) is 0 Å². The van der Waals surface area contributed by atoms with Crippen molar-refractivity contribution >= 4 is 11.9 Å². The molecule has 102 valence electrons. The van der Waals surface area contributed by atoms with Gasteiger partial charge in [0.05, 0.1) is 32.8 Å². The Morgan fingerprint density at radius 2 is 1.95 bits per heavy atom. The molecule has 3 rings (SSSR count). The standard InChI is InChI=1S/C12H15N3O4/c1-17-9-3-10(18-2)14-12(13-9)15-4-7-6-19-11(16)8(7)5-15/h3,7-8H,4-6H2,1-2H3/t7-,8-/m1/s1. The molecule has 7 nitrogen and oxygen atoms in total. The monoisotopic (exact) mass is 265 g/mol. The number of aromatic nitrogens is 2. The molecule has 2 atom stereocenters. The minimum Gasteiger partial charge on any atom is -0.481 e. The highest BCUT2D eigenvalue weighted by atomic mass is 16.5. The lowest BCUT2D eigenvalue weighted by Crippen LogP contribution is -2.25. The number of ether oxygens (including phenoxy) is 3. The first-order valence-electron chi connectivity index (χ1n) is 6.10. The van der Waals surface area contributed by atoms with E-state index in [1.54, 1.807) is 20.3 Å². The quantitative estimate of drug-likeness (QED) is 0.718. The van der Waals surface area contributed by atoms with E-state index < -0.39 is 0 Å². The fourth-order valence-corrected chi connectivity index (χ4v) is 2.51. The van der Waals surface area contributed by atoms with Crippen LogP contribution in [-0.4, -0.2) is 49.9 Å². The van der Waals surface area contributed by atoms with E-state index in [1.807, 2.05) is 4.90 Å². The van der Waals surface area contributed by atoms with Crippen molar-refractivity contribution < 1.29 is 19.0 Å². The lowest BCUT2D eigenvalue weighted by Gasteiger charge is -2.18. The lowest BCUT2D eigenvalue weighted by molar-refractivity contribution is -0.140. The zero-order valence-corrected chi connectivity index (χ0v) is 10.8. The number of anilines is 1. The molecular formula is C12H15N3O4. The van der Waals surface area contributed by atoms with Gasteiger partial charge < -0.3 is 19.1 Å². The molecule has 0 saturated carbocycles. The van der Waals surface area contributed by atoms with Crippen LogP contribution in [0.4, 0.5) is 5.95 Å². The van der Waals surface area contributed by atoms with Crippen molar-refractivity contribution in [2.75, 3.05) is 38.8 Å². The molecule has 7 heteroatoms. The zero-order valence-electron chi connectivity index (χ0n) is 10.8. The number of esters is 1. The fraction of sp³-hybridized carbons (Fsp3) is 0.583. The number of carbonyl (C=O) groups is 1. The van der Waals surface area contributed by atoms with Gasteiger partial charge in [-0.25, -0.2) is 0 Å². The minimum atomic E-state index is -0.123. The Labute approximate surface area is 110 Å². The molecular weight excluding hydrogens is 250 g/mol. The number of carbonyl (C=O) groups excluding carboxylic acids is 1. The van der Waals surface area contributed by atoms with Crippen LogP contribution in [0.25, 0.3) is 0 Å². The van der Waals surface area contributed by atoms with Crippen LogP contribution in [0.1, 0.15) is 0 Å². The average molecular weight is 265 g/mol. The number of rotatable bonds is 3. The normalized spacial score (nSPS) is 25.2. The van der Waals surface area contributed by atoms with E-state index in [9.17, 15) is 4.79 Å². The van der Waals surface area contributed by atoms with Crippen LogP contribution < -0.4 is 14.4 Å². The number of cyclic esters (lactones) is 1. The molecule has 0 radical (unpaired) electrons. The molecule has 0 aliphatic carbocycles. The summed E-state index contributed by atoms with van der Waals surface area (Å²) in [4.78, 5) is 22.1. The number of fused-ring (bicyclic) bond motifs is 1. The van der Waals surface area contributed by atoms with Gasteiger partial charge in [-0.3, -0.25) is 4.79 Å². The molecule has 2 saturated heterocycles. The molecule has 2 aliphatic heterocycles. The van der Waals surface area contributed by atoms with Crippen molar-refractivity contribution in [1.82, 2.24) is 9.97 Å². The number of hydrogen-bond donors (Lipinski definition) is 0. The van der Waals surface area contributed by atoms with Gasteiger partial charge in [-0.15, -0.1) is 0 Å². The zero-order chi connectivity index (χ0) is 13.4. The van der Waals surface area contributed by atoms with Crippen LogP contribution in [0.3, 0.4) is 0 Å². The first-order chi connectivity index (χ1) is 9.21. The molecule has 2 fully saturated rings. The van der Waals surface area contributed by atoms with E-state index in [2.05, 4.69) is 9.97 Å². The molecule has 0 amide bonds. The summed E-state index contributed by atoms with van der Waals surface area (Å²) in [7, 11) is 3.09. The highest BCUT2D eigenvalue weighted by Crippen LogP contribution is 2.33. The summed E-state index contributed by atoms with van der Waals surface area (Å²) in [5.74, 6) is 1.46. The molecule has 0 aromatic carbocycles. The maximum absolute atomic E-state index is 11.5. The summed E-state index contributed by atoms with van der Waals surface area (Å²) in [6.45, 7) is 1.79. The number of hydrogen-bond acceptors (Lipinski definition) is 7. The topological polar surface area (TPSA) is 73.8 Å². The van der Waals surface area contributed by atoms with E-state index in [-0.39, 0.29) is 17.8 Å². The van der Waals surface area contributed by atoms with Crippen LogP contribution in [0, 0.1) is 11.8 Å². The summed E-state index contributed by atoms with van der Waals surface area (Å²) in [5.41, 5.74) is 0. The first-order valence-corrected chi connectivity index (χ1v) is 6.10. The van der Waals surface area contributed by atoms with Crippen molar-refractivity contribution in [3.8, 4) is 11.8 Å².